The van der Waals surface area contributed by atoms with E-state index in [1.165, 1.54) is 51.0 Å². The second-order valence-corrected chi connectivity index (χ2v) is 12.2. The number of nitrogens with two attached hydrogens (primary N) is 1. The number of allylic oxidation sites excluding steroid dienone is 2. The molecule has 0 bridgehead atoms. The Morgan fingerprint density at radius 2 is 1.51 bits per heavy atom. The zero-order valence-corrected chi connectivity index (χ0v) is 30.3. The van der Waals surface area contributed by atoms with Crippen molar-refractivity contribution in [2.24, 2.45) is 17.0 Å². The number of carbonyl (C=O) groups is 1. The molecule has 0 saturated heterocycles. The van der Waals surface area contributed by atoms with Crippen LogP contribution in [0.15, 0.2) is 52.8 Å². The van der Waals surface area contributed by atoms with Crippen molar-refractivity contribution in [3.8, 4) is 5.75 Å². The summed E-state index contributed by atoms with van der Waals surface area (Å²) in [6.45, 7) is 10.8. The van der Waals surface area contributed by atoms with Gasteiger partial charge in [-0.2, -0.15) is 0 Å². The first-order valence-corrected chi connectivity index (χ1v) is 16.9. The van der Waals surface area contributed by atoms with E-state index in [1.807, 2.05) is 18.2 Å². The monoisotopic (exact) mass is 615 g/mol. The van der Waals surface area contributed by atoms with Crippen LogP contribution >= 0.6 is 0 Å². The van der Waals surface area contributed by atoms with E-state index in [0.717, 1.165) is 56.7 Å². The minimum Gasteiger partial charge on any atom is -0.677 e. The first kappa shape index (κ1) is 40.5. The van der Waals surface area contributed by atoms with Gasteiger partial charge in [0.05, 0.1) is 5.70 Å². The largest absolute Gasteiger partial charge is 1.00 e. The first-order valence-electron chi connectivity index (χ1n) is 15.3. The van der Waals surface area contributed by atoms with Crippen LogP contribution in [0.2, 0.25) is 0 Å². The molecule has 3 rings (SSSR count). The van der Waals surface area contributed by atoms with Crippen LogP contribution < -0.4 is 61.3 Å². The zero-order valence-electron chi connectivity index (χ0n) is 26.4. The summed E-state index contributed by atoms with van der Waals surface area (Å²) in [4.78, 5) is 13.6. The van der Waals surface area contributed by atoms with E-state index < -0.39 is 15.9 Å². The van der Waals surface area contributed by atoms with Crippen LogP contribution in [-0.4, -0.2) is 39.2 Å². The standard InChI is InChI=1S/C21H30N2O4S.C7H14N.C4H10.K/c1-3-5-12-23(13-6-4-2)19-14-17(16-24)15-20(28(22,25)26)21(19)27-18-10-8-7-9-11-18;8-6-7-4-2-1-3-5-7;1-3-4-2;/h7-11,15-17H,3-6,12-14H2,1-2H3,(H2,22,25,26);7-8H,1-6H2;3-4H2,1-2H3;/q;-1;;+1. The average molecular weight is 616 g/mol. The van der Waals surface area contributed by atoms with Crippen LogP contribution in [0.25, 0.3) is 5.73 Å². The molecule has 0 aliphatic heterocycles. The smallest absolute Gasteiger partial charge is 0.677 e. The van der Waals surface area contributed by atoms with Crippen LogP contribution in [0.1, 0.15) is 105 Å². The number of hydrogen-bond donors (Lipinski definition) is 1. The van der Waals surface area contributed by atoms with E-state index in [-0.39, 0.29) is 62.0 Å². The molecular weight excluding hydrogens is 562 g/mol. The number of primary sulfonamides is 1. The molecule has 2 aliphatic rings. The Morgan fingerprint density at radius 3 is 1.93 bits per heavy atom. The zero-order chi connectivity index (χ0) is 29.8. The number of rotatable bonds is 13. The van der Waals surface area contributed by atoms with Gasteiger partial charge in [0.2, 0.25) is 10.0 Å². The molecule has 9 heteroatoms. The maximum atomic E-state index is 12.3. The molecule has 0 radical (unpaired) electrons. The summed E-state index contributed by atoms with van der Waals surface area (Å²) in [5.74, 6) is 0.972. The number of hydrogen-bond acceptors (Lipinski definition) is 5. The van der Waals surface area contributed by atoms with Gasteiger partial charge in [-0.1, -0.05) is 110 Å². The van der Waals surface area contributed by atoms with E-state index in [4.69, 9.17) is 15.6 Å². The number of nitrogens with one attached hydrogen (secondary N) is 1. The normalized spacial score (nSPS) is 17.1. The van der Waals surface area contributed by atoms with Crippen molar-refractivity contribution in [1.29, 1.82) is 0 Å². The summed E-state index contributed by atoms with van der Waals surface area (Å²) >= 11 is 0. The molecular formula is C32H54KN3O4S. The van der Waals surface area contributed by atoms with Crippen molar-refractivity contribution >= 4 is 16.3 Å². The van der Waals surface area contributed by atoms with Gasteiger partial charge >= 0.3 is 51.4 Å². The van der Waals surface area contributed by atoms with Gasteiger partial charge in [-0.15, -0.1) is 6.54 Å². The molecule has 1 aromatic carbocycles. The third-order valence-electron chi connectivity index (χ3n) is 7.18. The maximum absolute atomic E-state index is 12.3. The summed E-state index contributed by atoms with van der Waals surface area (Å²) in [7, 11) is -4.05. The number of benzene rings is 1. The van der Waals surface area contributed by atoms with Crippen molar-refractivity contribution in [2.75, 3.05) is 19.6 Å². The Kier molecular flexibility index (Phi) is 23.6. The topological polar surface area (TPSA) is 113 Å². The molecule has 3 N–H and O–H groups in total. The molecule has 0 aromatic heterocycles. The van der Waals surface area contributed by atoms with Crippen LogP contribution in [0.5, 0.6) is 5.75 Å². The predicted octanol–water partition coefficient (Wildman–Crippen LogP) is 5.00. The van der Waals surface area contributed by atoms with Crippen molar-refractivity contribution in [2.45, 2.75) is 105 Å². The molecule has 7 nitrogen and oxygen atoms in total. The molecule has 41 heavy (non-hydrogen) atoms. The molecule has 228 valence electrons. The van der Waals surface area contributed by atoms with Crippen LogP contribution in [0, 0.1) is 11.8 Å². The Bertz CT molecular complexity index is 983. The number of para-hydroxylation sites is 1. The van der Waals surface area contributed by atoms with Crippen molar-refractivity contribution in [3.05, 3.63) is 58.5 Å². The molecule has 1 fully saturated rings. The minimum absolute atomic E-state index is 0. The molecule has 0 spiro atoms. The molecule has 0 heterocycles. The Balaban J connectivity index is 0.00000102. The van der Waals surface area contributed by atoms with E-state index in [0.29, 0.717) is 18.7 Å². The van der Waals surface area contributed by atoms with E-state index >= 15 is 0 Å². The fraction of sp³-hybridized carbons (Fsp3) is 0.656. The fourth-order valence-electron chi connectivity index (χ4n) is 4.56. The first-order chi connectivity index (χ1) is 19.2. The number of aldehydes is 1. The summed E-state index contributed by atoms with van der Waals surface area (Å²) in [5, 5.41) is 5.49. The number of sulfonamides is 1. The quantitative estimate of drug-likeness (QED) is 0.248. The summed E-state index contributed by atoms with van der Waals surface area (Å²) in [5.41, 5.74) is 7.83. The van der Waals surface area contributed by atoms with Gasteiger partial charge in [0.1, 0.15) is 16.9 Å². The fourth-order valence-corrected chi connectivity index (χ4v) is 5.34. The molecule has 1 unspecified atom stereocenters. The van der Waals surface area contributed by atoms with Crippen molar-refractivity contribution < 1.29 is 69.3 Å². The van der Waals surface area contributed by atoms with Gasteiger partial charge in [0.15, 0.2) is 5.76 Å². The summed E-state index contributed by atoms with van der Waals surface area (Å²) in [6, 6.07) is 9.02. The molecule has 2 aliphatic carbocycles. The van der Waals surface area contributed by atoms with Crippen LogP contribution in [0.4, 0.5) is 0 Å². The number of nitrogens with zero attached hydrogens (tertiary/aromatic N) is 1. The van der Waals surface area contributed by atoms with E-state index in [1.54, 1.807) is 12.1 Å². The molecule has 1 aromatic rings. The second kappa shape index (κ2) is 23.9. The third kappa shape index (κ3) is 16.2. The summed E-state index contributed by atoms with van der Waals surface area (Å²) < 4.78 is 30.6. The van der Waals surface area contributed by atoms with Gasteiger partial charge in [-0.05, 0) is 31.1 Å². The van der Waals surface area contributed by atoms with Crippen LogP contribution in [-0.2, 0) is 14.8 Å². The molecule has 0 amide bonds. The summed E-state index contributed by atoms with van der Waals surface area (Å²) in [6.07, 6.45) is 16.0. The maximum Gasteiger partial charge on any atom is 1.00 e. The predicted molar refractivity (Wildman–Crippen MR) is 167 cm³/mol. The van der Waals surface area contributed by atoms with Gasteiger partial charge in [0.25, 0.3) is 0 Å². The Morgan fingerprint density at radius 1 is 0.951 bits per heavy atom. The second-order valence-electron chi connectivity index (χ2n) is 10.7. The van der Waals surface area contributed by atoms with Gasteiger partial charge in [0, 0.05) is 25.4 Å². The van der Waals surface area contributed by atoms with Crippen LogP contribution in [0.3, 0.4) is 0 Å². The third-order valence-corrected chi connectivity index (χ3v) is 8.12. The number of carbonyl (C=O) groups excluding carboxylic acids is 1. The van der Waals surface area contributed by atoms with Crippen molar-refractivity contribution in [3.63, 3.8) is 0 Å². The van der Waals surface area contributed by atoms with Crippen molar-refractivity contribution in [1.82, 2.24) is 4.90 Å². The molecule has 1 saturated carbocycles. The van der Waals surface area contributed by atoms with E-state index in [9.17, 15) is 13.2 Å². The van der Waals surface area contributed by atoms with Gasteiger partial charge in [-0.25, -0.2) is 13.6 Å². The molecule has 1 atom stereocenters. The average Bonchev–Trinajstić information content (AvgIpc) is 2.98. The number of ether oxygens (including phenoxy) is 1. The minimum atomic E-state index is -4.05. The Labute approximate surface area is 293 Å². The number of unbranched alkanes of at least 4 members (excludes halogenated alkanes) is 3. The van der Waals surface area contributed by atoms with E-state index in [2.05, 4.69) is 32.6 Å². The Hall–Kier alpha value is -0.524. The van der Waals surface area contributed by atoms with Gasteiger partial charge < -0.3 is 20.2 Å². The SMILES string of the molecule is CCCC.CCCCN(CCCC)C1=C(Oc2ccccc2)C(S(N)(=O)=O)=CC(C=O)C1.[K+].[NH-]CC1CCCCC1. The van der Waals surface area contributed by atoms with Gasteiger partial charge in [-0.3, -0.25) is 0 Å².